The third kappa shape index (κ3) is 23.2. The minimum atomic E-state index is -4.65. The first-order valence-electron chi connectivity index (χ1n) is 22.5. The Morgan fingerprint density at radius 3 is 1.60 bits per heavy atom. The van der Waals surface area contributed by atoms with Gasteiger partial charge in [-0.2, -0.15) is 44.7 Å². The number of pyridine rings is 4. The fourth-order valence-electron chi connectivity index (χ4n) is 6.63. The predicted octanol–water partition coefficient (Wildman–Crippen LogP) is 14.2. The molecule has 406 valence electrons. The molecule has 6 heterocycles. The molecule has 0 radical (unpaired) electrons. The van der Waals surface area contributed by atoms with Crippen LogP contribution >= 0.6 is 23.6 Å². The summed E-state index contributed by atoms with van der Waals surface area (Å²) in [5.74, 6) is -1.04. The standard InChI is InChI=1S/C30H23F6N3O6.C21H21F3N3S.CNS.Ru/c1-2-22(43-16-40)9-21-12-27(25-10-19(3-5-37-25)7-23(44-17-41)14-29(31,32)33)39-28(13-21)26-11-20(4-6-38-26)8-24(45-18-42)15-30(34,35)36;1-2-3-4-5-6-16-9-10-17(28-16)8-7-15-11-12-25-18(13-15)19-14-20(27-26-19)21(22,23)24;2-1-3;/h3-13,16-18H,2,14-15H2,1H3;7-14H,2-6H2,1H3;;/q;2*-1;+2/b22-9+,23-7+,24-8+;8-7+;;. The number of aromatic nitrogens is 6. The number of carbonyl (C=O) groups excluding carboxylic acids is 3. The SMILES string of the molecule is CC/C(=C\c1cc(-c2cc(/C=C(\CC(F)(F)F)OC=O)ccn2)nc(-c2cc(/C=C(\CC(F)(F)F)OC=O)ccn2)c1)OC=O.CCCCCCc1ccc(/C=C/c2ccnc(-c3cc(C(F)(F)F)n[n-]3)c2)s1.[N-]=C=S.[Ru+2]. The Kier molecular flexibility index (Phi) is 26.3. The Morgan fingerprint density at radius 2 is 1.12 bits per heavy atom. The molecule has 0 saturated carbocycles. The maximum atomic E-state index is 12.9. The molecule has 0 spiro atoms. The molecule has 0 aliphatic rings. The second kappa shape index (κ2) is 31.7. The number of halogens is 9. The van der Waals surface area contributed by atoms with E-state index in [0.717, 1.165) is 35.1 Å². The Labute approximate surface area is 457 Å². The molecule has 25 heteroatoms. The fraction of sp³-hybridized carbons (Fsp3) is 0.250. The Bertz CT molecular complexity index is 2940. The van der Waals surface area contributed by atoms with E-state index in [4.69, 9.17) is 10.1 Å². The van der Waals surface area contributed by atoms with Crippen molar-refractivity contribution in [2.24, 2.45) is 0 Å². The van der Waals surface area contributed by atoms with Crippen LogP contribution in [0.4, 0.5) is 39.5 Å². The summed E-state index contributed by atoms with van der Waals surface area (Å²) in [6.07, 6.45) is 1.27. The van der Waals surface area contributed by atoms with Gasteiger partial charge in [0.2, 0.25) is 0 Å². The number of isothiocyanates is 1. The number of allylic oxidation sites excluding steroid dienone is 3. The van der Waals surface area contributed by atoms with E-state index >= 15 is 0 Å². The second-order valence-electron chi connectivity index (χ2n) is 15.7. The van der Waals surface area contributed by atoms with E-state index in [1.807, 2.05) is 12.2 Å². The van der Waals surface area contributed by atoms with Gasteiger partial charge in [0.1, 0.15) is 35.8 Å². The number of nitrogens with zero attached hydrogens (tertiary/aromatic N) is 7. The van der Waals surface area contributed by atoms with Gasteiger partial charge in [-0.1, -0.05) is 57.1 Å². The number of hydrogen-bond acceptors (Lipinski definition) is 13. The van der Waals surface area contributed by atoms with Crippen molar-refractivity contribution < 1.29 is 87.6 Å². The van der Waals surface area contributed by atoms with Gasteiger partial charge in [0, 0.05) is 40.5 Å². The van der Waals surface area contributed by atoms with Crippen molar-refractivity contribution in [3.63, 3.8) is 0 Å². The summed E-state index contributed by atoms with van der Waals surface area (Å²) in [5, 5.41) is 15.3. The van der Waals surface area contributed by atoms with E-state index in [-0.39, 0.29) is 84.3 Å². The number of carbonyl (C=O) groups is 3. The first kappa shape index (κ1) is 64.0. The number of unbranched alkanes of at least 4 members (excludes halogenated alkanes) is 3. The third-order valence-corrected chi connectivity index (χ3v) is 11.0. The number of hydrogen-bond donors (Lipinski definition) is 0. The average molecular weight is 1200 g/mol. The van der Waals surface area contributed by atoms with Crippen molar-refractivity contribution in [2.45, 2.75) is 83.7 Å². The van der Waals surface area contributed by atoms with E-state index < -0.39 is 48.6 Å². The molecular weight excluding hydrogens is 1150 g/mol. The van der Waals surface area contributed by atoms with Crippen LogP contribution in [0.5, 0.6) is 0 Å². The zero-order chi connectivity index (χ0) is 55.7. The van der Waals surface area contributed by atoms with Crippen molar-refractivity contribution in [3.05, 3.63) is 146 Å². The minimum Gasteiger partial charge on any atom is -0.753 e. The molecule has 0 aliphatic carbocycles. The topological polar surface area (TPSA) is 180 Å². The van der Waals surface area contributed by atoms with Gasteiger partial charge in [0.15, 0.2) is 0 Å². The molecule has 0 aliphatic heterocycles. The number of aryl methyl sites for hydroxylation is 1. The normalized spacial score (nSPS) is 12.0. The molecule has 0 bridgehead atoms. The largest absolute Gasteiger partial charge is 2.00 e. The number of thiophene rings is 1. The zero-order valence-electron chi connectivity index (χ0n) is 40.5. The summed E-state index contributed by atoms with van der Waals surface area (Å²) in [6.45, 7) is 3.94. The first-order chi connectivity index (χ1) is 36.2. The van der Waals surface area contributed by atoms with Crippen molar-refractivity contribution in [3.8, 4) is 34.2 Å². The van der Waals surface area contributed by atoms with Gasteiger partial charge >= 0.3 is 38.0 Å². The minimum absolute atomic E-state index is 0. The van der Waals surface area contributed by atoms with Crippen LogP contribution in [0, 0.1) is 0 Å². The van der Waals surface area contributed by atoms with Crippen LogP contribution in [0.25, 0.3) is 70.0 Å². The smallest absolute Gasteiger partial charge is 0.753 e. The van der Waals surface area contributed by atoms with Crippen LogP contribution in [-0.4, -0.2) is 62.0 Å². The van der Waals surface area contributed by atoms with E-state index in [1.165, 1.54) is 78.5 Å². The van der Waals surface area contributed by atoms with E-state index in [1.54, 1.807) is 48.7 Å². The van der Waals surface area contributed by atoms with Crippen LogP contribution in [0.2, 0.25) is 0 Å². The summed E-state index contributed by atoms with van der Waals surface area (Å²) >= 11 is 5.47. The molecule has 0 saturated heterocycles. The number of rotatable bonds is 22. The summed E-state index contributed by atoms with van der Waals surface area (Å²) in [7, 11) is 0. The Morgan fingerprint density at radius 1 is 0.636 bits per heavy atom. The number of alkyl halides is 9. The van der Waals surface area contributed by atoms with Crippen molar-refractivity contribution in [1.82, 2.24) is 30.1 Å². The predicted molar refractivity (Wildman–Crippen MR) is 271 cm³/mol. The maximum absolute atomic E-state index is 12.9. The van der Waals surface area contributed by atoms with Crippen molar-refractivity contribution in [2.75, 3.05) is 0 Å². The summed E-state index contributed by atoms with van der Waals surface area (Å²) in [5.41, 5.74) is 1.88. The van der Waals surface area contributed by atoms with Crippen LogP contribution in [0.15, 0.2) is 103 Å². The van der Waals surface area contributed by atoms with E-state index in [9.17, 15) is 53.9 Å². The van der Waals surface area contributed by atoms with Gasteiger partial charge in [0.05, 0.1) is 22.8 Å². The molecule has 0 atom stereocenters. The second-order valence-corrected chi connectivity index (χ2v) is 17.0. The summed E-state index contributed by atoms with van der Waals surface area (Å²) in [6, 6.07) is 17.3. The van der Waals surface area contributed by atoms with Gasteiger partial charge in [-0.15, -0.1) is 11.3 Å². The Hall–Kier alpha value is -7.33. The molecule has 13 nitrogen and oxygen atoms in total. The maximum Gasteiger partial charge on any atom is 2.00 e. The van der Waals surface area contributed by atoms with Crippen molar-refractivity contribution in [1.29, 1.82) is 0 Å². The van der Waals surface area contributed by atoms with Gasteiger partial charge in [0.25, 0.3) is 19.4 Å². The monoisotopic (exact) mass is 1200 g/mol. The van der Waals surface area contributed by atoms with Crippen LogP contribution < -0.4 is 5.10 Å². The number of thiocarbonyl (C=S) groups is 1. The van der Waals surface area contributed by atoms with Crippen LogP contribution in [0.1, 0.15) is 96.5 Å². The molecule has 77 heavy (non-hydrogen) atoms. The van der Waals surface area contributed by atoms with E-state index in [2.05, 4.69) is 70.9 Å². The van der Waals surface area contributed by atoms with Gasteiger partial charge in [-0.25, -0.2) is 4.98 Å². The van der Waals surface area contributed by atoms with Crippen LogP contribution in [-0.2, 0) is 60.7 Å². The van der Waals surface area contributed by atoms with Crippen LogP contribution in [0.3, 0.4) is 0 Å². The van der Waals surface area contributed by atoms with Gasteiger partial charge in [-0.05, 0) is 126 Å². The summed E-state index contributed by atoms with van der Waals surface area (Å²) in [4.78, 5) is 52.1. The average Bonchev–Trinajstić information content (AvgIpc) is 4.06. The third-order valence-electron chi connectivity index (χ3n) is 9.89. The molecule has 0 unspecified atom stereocenters. The fourth-order valence-corrected chi connectivity index (χ4v) is 7.59. The number of ether oxygens (including phenoxy) is 3. The molecular formula is C52H44F9N7O6RuS2. The molecule has 0 N–H and O–H groups in total. The molecule has 6 aromatic rings. The molecule has 6 rings (SSSR count). The summed E-state index contributed by atoms with van der Waals surface area (Å²) < 4.78 is 130. The first-order valence-corrected chi connectivity index (χ1v) is 23.7. The molecule has 0 amide bonds. The van der Waals surface area contributed by atoms with Crippen molar-refractivity contribution >= 4 is 78.5 Å². The van der Waals surface area contributed by atoms with Gasteiger partial charge < -0.3 is 29.8 Å². The van der Waals surface area contributed by atoms with E-state index in [0.29, 0.717) is 17.7 Å². The van der Waals surface area contributed by atoms with Gasteiger partial charge in [-0.3, -0.25) is 29.3 Å². The molecule has 6 aromatic heterocycles. The Balaban J connectivity index is 0.000000416. The quantitative estimate of drug-likeness (QED) is 0.00917. The molecule has 0 fully saturated rings. The molecule has 0 aromatic carbocycles. The zero-order valence-corrected chi connectivity index (χ0v) is 43.9.